The summed E-state index contributed by atoms with van der Waals surface area (Å²) in [5.41, 5.74) is 0.910. The van der Waals surface area contributed by atoms with Gasteiger partial charge in [-0.05, 0) is 64.0 Å². The highest BCUT2D eigenvalue weighted by Gasteiger charge is 2.55. The molecule has 2 aliphatic rings. The number of esters is 3. The molecule has 0 spiro atoms. The summed E-state index contributed by atoms with van der Waals surface area (Å²) >= 11 is 0. The average Bonchev–Trinajstić information content (AvgIpc) is 3.64. The van der Waals surface area contributed by atoms with Crippen molar-refractivity contribution in [2.75, 3.05) is 13.2 Å². The average molecular weight is 867 g/mol. The van der Waals surface area contributed by atoms with Gasteiger partial charge < -0.3 is 44.5 Å². The van der Waals surface area contributed by atoms with Gasteiger partial charge in [0.15, 0.2) is 6.61 Å². The normalized spacial score (nSPS) is 19.9. The van der Waals surface area contributed by atoms with Crippen LogP contribution in [0.5, 0.6) is 0 Å². The first-order valence-corrected chi connectivity index (χ1v) is 19.8. The van der Waals surface area contributed by atoms with Gasteiger partial charge in [0.05, 0.1) is 24.3 Å². The molecule has 5 rings (SSSR count). The molecule has 0 saturated carbocycles. The van der Waals surface area contributed by atoms with Gasteiger partial charge in [0, 0.05) is 35.6 Å². The Kier molecular flexibility index (Phi) is 15.5. The molecule has 1 fully saturated rings. The van der Waals surface area contributed by atoms with Crippen LogP contribution < -0.4 is 10.6 Å². The van der Waals surface area contributed by atoms with Crippen LogP contribution in [0.1, 0.15) is 74.0 Å². The first-order valence-electron chi connectivity index (χ1n) is 19.8. The van der Waals surface area contributed by atoms with E-state index in [1.165, 1.54) is 43.3 Å². The second kappa shape index (κ2) is 20.3. The summed E-state index contributed by atoms with van der Waals surface area (Å²) in [5, 5.41) is 25.7. The molecule has 1 heterocycles. The standard InChI is InChI=1S/C45H49F3N2O12/c1-27(52)38(41(56)49-33(25-51)20-22-37(54)61-43(2,3)4)50-40(55)30-23-34(59-42(57)29-18-15-28(16-19-29)17-21-36(53)58-26-44(46,47)48)39-35(24-30)60-45(62-39,31-11-7-5-8-12-31)32-13-9-6-10-14-32/h5-19,21,24,27,33-35,38-39,51-52H,20,22-23,25-26H2,1-4H3,(H,49,56)(H,50,55)/t27-,33-,34+,35+,38+,39-/m0/s1. The highest BCUT2D eigenvalue weighted by molar-refractivity contribution is 5.98. The molecule has 6 atom stereocenters. The topological polar surface area (TPSA) is 196 Å². The maximum absolute atomic E-state index is 14.0. The number of rotatable bonds is 16. The van der Waals surface area contributed by atoms with E-state index in [1.54, 1.807) is 69.3 Å². The SMILES string of the molecule is C[C@H](O)[C@@H](NC(=O)C1=C[C@H]2OC(c3ccccc3)(c3ccccc3)O[C@H]2[C@H](OC(=O)c2ccc(C=CC(=O)OCC(F)(F)F)cc2)C1)C(=O)N[C@H](CO)CCC(=O)OC(C)(C)C. The molecular formula is C45H49F3N2O12. The summed E-state index contributed by atoms with van der Waals surface area (Å²) in [5.74, 6) is -5.75. The van der Waals surface area contributed by atoms with Gasteiger partial charge in [-0.25, -0.2) is 9.59 Å². The fourth-order valence-corrected chi connectivity index (χ4v) is 6.72. The lowest BCUT2D eigenvalue weighted by Crippen LogP contribution is -2.55. The van der Waals surface area contributed by atoms with Gasteiger partial charge in [-0.1, -0.05) is 72.8 Å². The summed E-state index contributed by atoms with van der Waals surface area (Å²) in [6, 6.07) is 21.2. The number of aliphatic hydroxyl groups is 2. The molecule has 3 aromatic rings. The molecule has 0 bridgehead atoms. The van der Waals surface area contributed by atoms with Crippen LogP contribution in [0.25, 0.3) is 6.08 Å². The molecule has 0 unspecified atom stereocenters. The second-order valence-electron chi connectivity index (χ2n) is 15.7. The van der Waals surface area contributed by atoms with Crippen LogP contribution in [0.4, 0.5) is 13.2 Å². The largest absolute Gasteiger partial charge is 0.460 e. The molecule has 1 aliphatic carbocycles. The van der Waals surface area contributed by atoms with Gasteiger partial charge >= 0.3 is 24.1 Å². The number of hydrogen-bond acceptors (Lipinski definition) is 12. The third-order valence-electron chi connectivity index (χ3n) is 9.61. The van der Waals surface area contributed by atoms with E-state index in [0.29, 0.717) is 16.7 Å². The summed E-state index contributed by atoms with van der Waals surface area (Å²) in [4.78, 5) is 65.2. The lowest BCUT2D eigenvalue weighted by molar-refractivity contribution is -0.182. The van der Waals surface area contributed by atoms with Gasteiger partial charge in [-0.15, -0.1) is 0 Å². The number of ether oxygens (including phenoxy) is 5. The van der Waals surface area contributed by atoms with Crippen LogP contribution in [-0.2, 0) is 48.6 Å². The number of halogens is 3. The monoisotopic (exact) mass is 866 g/mol. The third-order valence-corrected chi connectivity index (χ3v) is 9.61. The minimum Gasteiger partial charge on any atom is -0.460 e. The molecule has 1 aliphatic heterocycles. The van der Waals surface area contributed by atoms with E-state index in [-0.39, 0.29) is 30.4 Å². The zero-order chi connectivity index (χ0) is 45.2. The van der Waals surface area contributed by atoms with Crippen LogP contribution in [0.15, 0.2) is 103 Å². The molecule has 0 radical (unpaired) electrons. The van der Waals surface area contributed by atoms with E-state index in [1.807, 2.05) is 12.1 Å². The fraction of sp³-hybridized carbons (Fsp3) is 0.400. The van der Waals surface area contributed by atoms with Crippen LogP contribution in [0.2, 0.25) is 0 Å². The van der Waals surface area contributed by atoms with Gasteiger partial charge in [-0.2, -0.15) is 13.2 Å². The van der Waals surface area contributed by atoms with E-state index in [4.69, 9.17) is 18.9 Å². The molecule has 332 valence electrons. The van der Waals surface area contributed by atoms with Crippen molar-refractivity contribution in [1.29, 1.82) is 0 Å². The number of carbonyl (C=O) groups is 5. The second-order valence-corrected chi connectivity index (χ2v) is 15.7. The Hall–Kier alpha value is -5.88. The number of carbonyl (C=O) groups excluding carboxylic acids is 5. The smallest absolute Gasteiger partial charge is 0.422 e. The molecule has 1 saturated heterocycles. The van der Waals surface area contributed by atoms with Gasteiger partial charge in [0.25, 0.3) is 0 Å². The number of fused-ring (bicyclic) bond motifs is 1. The Morgan fingerprint density at radius 3 is 2.06 bits per heavy atom. The van der Waals surface area contributed by atoms with E-state index >= 15 is 0 Å². The third kappa shape index (κ3) is 12.8. The maximum atomic E-state index is 14.0. The Bertz CT molecular complexity index is 2060. The Labute approximate surface area is 356 Å². The maximum Gasteiger partial charge on any atom is 0.422 e. The molecule has 2 amide bonds. The Morgan fingerprint density at radius 2 is 1.52 bits per heavy atom. The lowest BCUT2D eigenvalue weighted by atomic mass is 9.91. The Balaban J connectivity index is 1.38. The fourth-order valence-electron chi connectivity index (χ4n) is 6.72. The van der Waals surface area contributed by atoms with E-state index in [9.17, 15) is 47.4 Å². The first kappa shape index (κ1) is 47.2. The van der Waals surface area contributed by atoms with Crippen LogP contribution in [0, 0.1) is 0 Å². The summed E-state index contributed by atoms with van der Waals surface area (Å²) in [6.07, 6.45) is -6.06. The van der Waals surface area contributed by atoms with Gasteiger partial charge in [0.1, 0.15) is 30.0 Å². The Morgan fingerprint density at radius 1 is 0.903 bits per heavy atom. The zero-order valence-electron chi connectivity index (χ0n) is 34.4. The van der Waals surface area contributed by atoms with Crippen molar-refractivity contribution in [2.45, 2.75) is 101 Å². The van der Waals surface area contributed by atoms with Gasteiger partial charge in [-0.3, -0.25) is 14.4 Å². The lowest BCUT2D eigenvalue weighted by Gasteiger charge is -2.32. The van der Waals surface area contributed by atoms with E-state index in [2.05, 4.69) is 15.4 Å². The van der Waals surface area contributed by atoms with Crippen molar-refractivity contribution in [2.24, 2.45) is 0 Å². The summed E-state index contributed by atoms with van der Waals surface area (Å²) in [6.45, 7) is 4.12. The number of benzene rings is 3. The van der Waals surface area contributed by atoms with Crippen LogP contribution in [-0.4, -0.2) is 101 Å². The molecule has 4 N–H and O–H groups in total. The summed E-state index contributed by atoms with van der Waals surface area (Å²) < 4.78 is 66.1. The van der Waals surface area contributed by atoms with Crippen molar-refractivity contribution in [3.63, 3.8) is 0 Å². The highest BCUT2D eigenvalue weighted by Crippen LogP contribution is 2.47. The number of nitrogens with one attached hydrogen (secondary N) is 2. The number of hydrogen-bond donors (Lipinski definition) is 4. The molecule has 17 heteroatoms. The van der Waals surface area contributed by atoms with Crippen molar-refractivity contribution < 1.29 is 71.0 Å². The molecular weight excluding hydrogens is 817 g/mol. The van der Waals surface area contributed by atoms with E-state index < -0.39 is 97.0 Å². The number of alkyl halides is 3. The van der Waals surface area contributed by atoms with Crippen molar-refractivity contribution in [3.05, 3.63) is 125 Å². The predicted molar refractivity (Wildman–Crippen MR) is 216 cm³/mol. The first-order chi connectivity index (χ1) is 29.3. The van der Waals surface area contributed by atoms with Crippen LogP contribution in [0.3, 0.4) is 0 Å². The van der Waals surface area contributed by atoms with Crippen molar-refractivity contribution in [1.82, 2.24) is 10.6 Å². The minimum atomic E-state index is -4.68. The summed E-state index contributed by atoms with van der Waals surface area (Å²) in [7, 11) is 0. The minimum absolute atomic E-state index is 0.0141. The molecule has 3 aromatic carbocycles. The van der Waals surface area contributed by atoms with Crippen molar-refractivity contribution >= 4 is 35.8 Å². The number of amides is 2. The molecule has 62 heavy (non-hydrogen) atoms. The molecule has 14 nitrogen and oxygen atoms in total. The van der Waals surface area contributed by atoms with Crippen LogP contribution >= 0.6 is 0 Å². The zero-order valence-corrected chi connectivity index (χ0v) is 34.4. The molecule has 0 aromatic heterocycles. The van der Waals surface area contributed by atoms with Gasteiger partial charge in [0.2, 0.25) is 17.6 Å². The highest BCUT2D eigenvalue weighted by atomic mass is 19.4. The number of aliphatic hydroxyl groups excluding tert-OH is 2. The quantitative estimate of drug-likeness (QED) is 0.0873. The van der Waals surface area contributed by atoms with Crippen molar-refractivity contribution in [3.8, 4) is 0 Å². The van der Waals surface area contributed by atoms with E-state index in [0.717, 1.165) is 6.08 Å². The predicted octanol–water partition coefficient (Wildman–Crippen LogP) is 4.81.